The zero-order chi connectivity index (χ0) is 13.3. The first-order chi connectivity index (χ1) is 9.19. The Bertz CT molecular complexity index is 480. The van der Waals surface area contributed by atoms with Crippen LogP contribution in [-0.4, -0.2) is 48.1 Å². The zero-order valence-corrected chi connectivity index (χ0v) is 12.1. The van der Waals surface area contributed by atoms with E-state index < -0.39 is 0 Å². The van der Waals surface area contributed by atoms with Crippen LogP contribution in [0.5, 0.6) is 0 Å². The van der Waals surface area contributed by atoms with Gasteiger partial charge in [0, 0.05) is 50.1 Å². The third-order valence-corrected chi connectivity index (χ3v) is 4.93. The number of hydrogen-bond acceptors (Lipinski definition) is 5. The third-order valence-electron chi connectivity index (χ3n) is 4.05. The molecule has 6 heteroatoms. The Labute approximate surface area is 116 Å². The van der Waals surface area contributed by atoms with Gasteiger partial charge in [-0.25, -0.2) is 0 Å². The lowest BCUT2D eigenvalue weighted by atomic mass is 10.0. The van der Waals surface area contributed by atoms with Crippen molar-refractivity contribution >= 4 is 11.3 Å². The highest BCUT2D eigenvalue weighted by molar-refractivity contribution is 7.07. The number of likely N-dealkylation sites (tertiary alicyclic amines) is 1. The molecule has 1 aromatic heterocycles. The topological polar surface area (TPSA) is 43.7 Å². The smallest absolute Gasteiger partial charge is 0.307 e. The predicted molar refractivity (Wildman–Crippen MR) is 73.6 cm³/mol. The lowest BCUT2D eigenvalue weighted by Gasteiger charge is -2.37. The van der Waals surface area contributed by atoms with Crippen molar-refractivity contribution in [2.45, 2.75) is 32.1 Å². The number of aryl methyl sites for hydroxylation is 1. The molecule has 0 unspecified atom stereocenters. The van der Waals surface area contributed by atoms with Gasteiger partial charge in [-0.2, -0.15) is 0 Å². The lowest BCUT2D eigenvalue weighted by Crippen LogP contribution is -2.46. The molecule has 0 N–H and O–H groups in total. The summed E-state index contributed by atoms with van der Waals surface area (Å²) in [4.78, 5) is 14.2. The lowest BCUT2D eigenvalue weighted by molar-refractivity contribution is -0.185. The summed E-state index contributed by atoms with van der Waals surface area (Å²) in [5, 5.41) is 1.92. The maximum atomic E-state index is 11.6. The third kappa shape index (κ3) is 2.76. The van der Waals surface area contributed by atoms with Crippen molar-refractivity contribution in [3.8, 4) is 0 Å². The molecule has 2 aliphatic heterocycles. The molecule has 106 valence electrons. The molecular formula is C13H20N2O3S. The summed E-state index contributed by atoms with van der Waals surface area (Å²) < 4.78 is 13.3. The van der Waals surface area contributed by atoms with Crippen molar-refractivity contribution < 1.29 is 9.47 Å². The van der Waals surface area contributed by atoms with E-state index >= 15 is 0 Å². The fraction of sp³-hybridized carbons (Fsp3) is 0.769. The van der Waals surface area contributed by atoms with Crippen LogP contribution >= 0.6 is 11.3 Å². The quantitative estimate of drug-likeness (QED) is 0.832. The van der Waals surface area contributed by atoms with Crippen LogP contribution in [0.15, 0.2) is 10.2 Å². The van der Waals surface area contributed by atoms with Gasteiger partial charge < -0.3 is 18.9 Å². The molecule has 2 saturated heterocycles. The van der Waals surface area contributed by atoms with Gasteiger partial charge in [-0.05, 0) is 6.92 Å². The van der Waals surface area contributed by atoms with Crippen LogP contribution in [0.2, 0.25) is 0 Å². The zero-order valence-electron chi connectivity index (χ0n) is 11.3. The number of rotatable bonds is 3. The van der Waals surface area contributed by atoms with Gasteiger partial charge in [-0.3, -0.25) is 4.79 Å². The van der Waals surface area contributed by atoms with Crippen LogP contribution in [0.25, 0.3) is 0 Å². The van der Waals surface area contributed by atoms with Crippen molar-refractivity contribution in [3.63, 3.8) is 0 Å². The van der Waals surface area contributed by atoms with E-state index in [0.717, 1.165) is 57.9 Å². The molecule has 0 radical (unpaired) electrons. The molecule has 0 saturated carbocycles. The first-order valence-electron chi connectivity index (χ1n) is 6.84. The van der Waals surface area contributed by atoms with E-state index in [0.29, 0.717) is 0 Å². The fourth-order valence-corrected chi connectivity index (χ4v) is 3.58. The molecule has 19 heavy (non-hydrogen) atoms. The number of hydrogen-bond donors (Lipinski definition) is 0. The standard InChI is InChI=1S/C13H20N2O3S/c1-11-10-19-12(16)15(11)7-6-14-4-2-13(3-5-14)17-8-9-18-13/h10H,2-9H2,1H3. The fourth-order valence-electron chi connectivity index (χ4n) is 2.82. The number of ether oxygens (including phenoxy) is 2. The first kappa shape index (κ1) is 13.3. The van der Waals surface area contributed by atoms with Crippen molar-refractivity contribution in [1.29, 1.82) is 0 Å². The largest absolute Gasteiger partial charge is 0.347 e. The summed E-state index contributed by atoms with van der Waals surface area (Å²) in [6.45, 7) is 7.11. The monoisotopic (exact) mass is 284 g/mol. The Morgan fingerprint density at radius 2 is 1.95 bits per heavy atom. The van der Waals surface area contributed by atoms with Crippen molar-refractivity contribution in [1.82, 2.24) is 9.47 Å². The van der Waals surface area contributed by atoms with E-state index in [1.165, 1.54) is 11.3 Å². The Balaban J connectivity index is 1.51. The number of aromatic nitrogens is 1. The molecule has 0 aromatic carbocycles. The number of nitrogens with zero attached hydrogens (tertiary/aromatic N) is 2. The van der Waals surface area contributed by atoms with Crippen LogP contribution in [0.3, 0.4) is 0 Å². The van der Waals surface area contributed by atoms with Gasteiger partial charge in [0.1, 0.15) is 0 Å². The van der Waals surface area contributed by atoms with E-state index in [2.05, 4.69) is 4.90 Å². The van der Waals surface area contributed by atoms with E-state index in [4.69, 9.17) is 9.47 Å². The summed E-state index contributed by atoms with van der Waals surface area (Å²) in [5.41, 5.74) is 1.06. The maximum Gasteiger partial charge on any atom is 0.307 e. The molecule has 2 aliphatic rings. The summed E-state index contributed by atoms with van der Waals surface area (Å²) in [6.07, 6.45) is 1.87. The first-order valence-corrected chi connectivity index (χ1v) is 7.72. The number of piperidine rings is 1. The minimum absolute atomic E-state index is 0.147. The summed E-state index contributed by atoms with van der Waals surface area (Å²) >= 11 is 1.28. The van der Waals surface area contributed by atoms with Gasteiger partial charge in [0.05, 0.1) is 13.2 Å². The normalized spacial score (nSPS) is 23.2. The molecule has 2 fully saturated rings. The predicted octanol–water partition coefficient (Wildman–Crippen LogP) is 1.06. The Morgan fingerprint density at radius 3 is 2.53 bits per heavy atom. The molecule has 0 amide bonds. The molecule has 1 aromatic rings. The average Bonchev–Trinajstić information content (AvgIpc) is 2.99. The highest BCUT2D eigenvalue weighted by Crippen LogP contribution is 2.31. The second kappa shape index (κ2) is 5.36. The molecule has 0 aliphatic carbocycles. The summed E-state index contributed by atoms with van der Waals surface area (Å²) in [6, 6.07) is 0. The van der Waals surface area contributed by atoms with Gasteiger partial charge in [0.15, 0.2) is 5.79 Å². The van der Waals surface area contributed by atoms with E-state index in [1.807, 2.05) is 16.9 Å². The van der Waals surface area contributed by atoms with Crippen molar-refractivity contribution in [2.24, 2.45) is 0 Å². The highest BCUT2D eigenvalue weighted by Gasteiger charge is 2.39. The second-order valence-electron chi connectivity index (χ2n) is 5.24. The van der Waals surface area contributed by atoms with Gasteiger partial charge in [-0.15, -0.1) is 0 Å². The molecule has 1 spiro atoms. The van der Waals surface area contributed by atoms with Crippen LogP contribution in [0, 0.1) is 6.92 Å². The van der Waals surface area contributed by atoms with Gasteiger partial charge >= 0.3 is 4.87 Å². The SMILES string of the molecule is Cc1csc(=O)n1CCN1CCC2(CC1)OCCO2. The minimum atomic E-state index is -0.300. The minimum Gasteiger partial charge on any atom is -0.347 e. The molecular weight excluding hydrogens is 264 g/mol. The highest BCUT2D eigenvalue weighted by atomic mass is 32.1. The molecule has 5 nitrogen and oxygen atoms in total. The van der Waals surface area contributed by atoms with Crippen molar-refractivity contribution in [3.05, 3.63) is 20.7 Å². The van der Waals surface area contributed by atoms with Gasteiger partial charge in [0.25, 0.3) is 0 Å². The van der Waals surface area contributed by atoms with Crippen LogP contribution in [0.1, 0.15) is 18.5 Å². The van der Waals surface area contributed by atoms with Crippen LogP contribution < -0.4 is 4.87 Å². The van der Waals surface area contributed by atoms with Gasteiger partial charge in [0.2, 0.25) is 0 Å². The molecule has 0 atom stereocenters. The molecule has 3 heterocycles. The van der Waals surface area contributed by atoms with Crippen molar-refractivity contribution in [2.75, 3.05) is 32.8 Å². The summed E-state index contributed by atoms with van der Waals surface area (Å²) in [5.74, 6) is -0.300. The number of thiazole rings is 1. The Morgan fingerprint density at radius 1 is 1.26 bits per heavy atom. The maximum absolute atomic E-state index is 11.6. The van der Waals surface area contributed by atoms with Crippen LogP contribution in [0.4, 0.5) is 0 Å². The van der Waals surface area contributed by atoms with Crippen LogP contribution in [-0.2, 0) is 16.0 Å². The average molecular weight is 284 g/mol. The molecule has 0 bridgehead atoms. The van der Waals surface area contributed by atoms with E-state index in [-0.39, 0.29) is 10.7 Å². The second-order valence-corrected chi connectivity index (χ2v) is 6.06. The van der Waals surface area contributed by atoms with E-state index in [9.17, 15) is 4.79 Å². The Kier molecular flexibility index (Phi) is 3.75. The van der Waals surface area contributed by atoms with E-state index in [1.54, 1.807) is 0 Å². The summed E-state index contributed by atoms with van der Waals surface area (Å²) in [7, 11) is 0. The molecule has 3 rings (SSSR count). The van der Waals surface area contributed by atoms with Gasteiger partial charge in [-0.1, -0.05) is 11.3 Å². The Hall–Kier alpha value is -0.690.